The lowest BCUT2D eigenvalue weighted by Crippen LogP contribution is -2.63. The normalized spacial score (nSPS) is 12.6. The Morgan fingerprint density at radius 3 is 1.67 bits per heavy atom. The average molecular weight is 215 g/mol. The summed E-state index contributed by atoms with van der Waals surface area (Å²) in [5, 5.41) is 2.77. The van der Waals surface area contributed by atoms with Gasteiger partial charge in [-0.25, -0.2) is 0 Å². The first-order valence-electron chi connectivity index (χ1n) is 5.93. The number of hydrogen-bond donors (Lipinski definition) is 1. The molecule has 3 nitrogen and oxygen atoms in total. The summed E-state index contributed by atoms with van der Waals surface area (Å²) in [6, 6.07) is 1.75. The van der Waals surface area contributed by atoms with Crippen LogP contribution in [0.5, 0.6) is 0 Å². The van der Waals surface area contributed by atoms with Gasteiger partial charge in [0.2, 0.25) is 6.41 Å². The third kappa shape index (κ3) is 3.20. The van der Waals surface area contributed by atoms with E-state index in [0.29, 0.717) is 18.1 Å². The number of carbonyl (C=O) groups excluding carboxylic acids is 1. The van der Waals surface area contributed by atoms with Gasteiger partial charge < -0.3 is 9.80 Å². The Labute approximate surface area is 94.4 Å². The number of hydrogen-bond acceptors (Lipinski definition) is 1. The fourth-order valence-corrected chi connectivity index (χ4v) is 2.88. The van der Waals surface area contributed by atoms with Crippen molar-refractivity contribution in [3.8, 4) is 0 Å². The molecular weight excluding hydrogens is 188 g/mol. The largest absolute Gasteiger partial charge is 0.353 e. The van der Waals surface area contributed by atoms with Crippen molar-refractivity contribution in [1.82, 2.24) is 5.32 Å². The predicted molar refractivity (Wildman–Crippen MR) is 64.6 cm³/mol. The van der Waals surface area contributed by atoms with Crippen molar-refractivity contribution >= 4 is 6.41 Å². The summed E-state index contributed by atoms with van der Waals surface area (Å²) in [7, 11) is 0. The smallest absolute Gasteiger partial charge is 0.207 e. The molecule has 0 aliphatic carbocycles. The number of carbonyl (C=O) groups is 1. The highest BCUT2D eigenvalue weighted by Crippen LogP contribution is 2.23. The Hall–Kier alpha value is -0.570. The van der Waals surface area contributed by atoms with Crippen molar-refractivity contribution < 1.29 is 9.28 Å². The third-order valence-electron chi connectivity index (χ3n) is 3.61. The summed E-state index contributed by atoms with van der Waals surface area (Å²) in [5.41, 5.74) is 0. The van der Waals surface area contributed by atoms with E-state index in [1.807, 2.05) is 0 Å². The molecule has 0 aromatic heterocycles. The highest BCUT2D eigenvalue weighted by molar-refractivity contribution is 5.45. The Bertz CT molecular complexity index is 166. The van der Waals surface area contributed by atoms with E-state index in [2.05, 4.69) is 46.9 Å². The Morgan fingerprint density at radius 1 is 1.00 bits per heavy atom. The van der Waals surface area contributed by atoms with Crippen LogP contribution in [0.4, 0.5) is 0 Å². The minimum atomic E-state index is 0.582. The summed E-state index contributed by atoms with van der Waals surface area (Å²) in [6.45, 7) is 15.4. The van der Waals surface area contributed by atoms with Crippen LogP contribution < -0.4 is 5.32 Å². The molecule has 0 saturated heterocycles. The molecule has 0 bridgehead atoms. The second kappa shape index (κ2) is 6.11. The molecule has 3 heteroatoms. The highest BCUT2D eigenvalue weighted by Gasteiger charge is 2.37. The fourth-order valence-electron chi connectivity index (χ4n) is 2.88. The molecule has 0 saturated carbocycles. The molecule has 0 rings (SSSR count). The molecular formula is C12H27N2O+. The molecule has 0 aromatic carbocycles. The zero-order valence-corrected chi connectivity index (χ0v) is 11.1. The molecule has 15 heavy (non-hydrogen) atoms. The molecule has 1 amide bonds. The SMILES string of the molecule is CC(C)[N+](CCNC=O)(C(C)C)C(C)C. The number of nitrogens with zero attached hydrogens (tertiary/aromatic N) is 1. The second-order valence-electron chi connectivity index (χ2n) is 5.07. The van der Waals surface area contributed by atoms with E-state index >= 15 is 0 Å². The van der Waals surface area contributed by atoms with Gasteiger partial charge in [-0.2, -0.15) is 0 Å². The molecule has 0 aliphatic rings. The Balaban J connectivity index is 4.72. The minimum absolute atomic E-state index is 0.582. The topological polar surface area (TPSA) is 29.1 Å². The van der Waals surface area contributed by atoms with Crippen LogP contribution in [0, 0.1) is 0 Å². The minimum Gasteiger partial charge on any atom is -0.353 e. The molecule has 90 valence electrons. The van der Waals surface area contributed by atoms with Gasteiger partial charge in [0.1, 0.15) is 0 Å². The van der Waals surface area contributed by atoms with Crippen LogP contribution >= 0.6 is 0 Å². The number of amides is 1. The van der Waals surface area contributed by atoms with E-state index in [0.717, 1.165) is 24.0 Å². The summed E-state index contributed by atoms with van der Waals surface area (Å²) in [4.78, 5) is 10.3. The van der Waals surface area contributed by atoms with Crippen LogP contribution in [-0.4, -0.2) is 42.1 Å². The fraction of sp³-hybridized carbons (Fsp3) is 0.917. The zero-order chi connectivity index (χ0) is 12.1. The van der Waals surface area contributed by atoms with Crippen molar-refractivity contribution in [3.63, 3.8) is 0 Å². The van der Waals surface area contributed by atoms with Crippen molar-refractivity contribution in [3.05, 3.63) is 0 Å². The van der Waals surface area contributed by atoms with Gasteiger partial charge in [0.15, 0.2) is 0 Å². The van der Waals surface area contributed by atoms with Gasteiger partial charge >= 0.3 is 0 Å². The van der Waals surface area contributed by atoms with Crippen LogP contribution in [0.1, 0.15) is 41.5 Å². The lowest BCUT2D eigenvalue weighted by atomic mass is 10.1. The van der Waals surface area contributed by atoms with Crippen molar-refractivity contribution in [2.24, 2.45) is 0 Å². The highest BCUT2D eigenvalue weighted by atomic mass is 16.1. The first kappa shape index (κ1) is 14.4. The van der Waals surface area contributed by atoms with Crippen LogP contribution in [0.25, 0.3) is 0 Å². The van der Waals surface area contributed by atoms with Crippen LogP contribution in [0.3, 0.4) is 0 Å². The molecule has 0 aliphatic heterocycles. The van der Waals surface area contributed by atoms with Gasteiger partial charge in [-0.05, 0) is 41.5 Å². The summed E-state index contributed by atoms with van der Waals surface area (Å²) < 4.78 is 1.06. The van der Waals surface area contributed by atoms with Crippen molar-refractivity contribution in [1.29, 1.82) is 0 Å². The van der Waals surface area contributed by atoms with Gasteiger partial charge in [-0.3, -0.25) is 4.79 Å². The quantitative estimate of drug-likeness (QED) is 0.391. The van der Waals surface area contributed by atoms with E-state index in [1.165, 1.54) is 0 Å². The van der Waals surface area contributed by atoms with Gasteiger partial charge in [0.05, 0.1) is 31.2 Å². The maximum atomic E-state index is 10.3. The molecule has 0 spiro atoms. The molecule has 0 radical (unpaired) electrons. The standard InChI is InChI=1S/C12H26N2O/c1-10(2)14(11(3)4,12(5)6)8-7-13-9-15/h9-12H,7-8H2,1-6H3/p+1. The molecule has 0 heterocycles. The van der Waals surface area contributed by atoms with Gasteiger partial charge in [-0.15, -0.1) is 0 Å². The number of quaternary nitrogens is 1. The van der Waals surface area contributed by atoms with E-state index < -0.39 is 0 Å². The average Bonchev–Trinajstić information content (AvgIpc) is 2.10. The summed E-state index contributed by atoms with van der Waals surface area (Å²) in [5.74, 6) is 0. The maximum absolute atomic E-state index is 10.3. The monoisotopic (exact) mass is 215 g/mol. The van der Waals surface area contributed by atoms with E-state index in [4.69, 9.17) is 0 Å². The molecule has 0 unspecified atom stereocenters. The Kier molecular flexibility index (Phi) is 5.88. The van der Waals surface area contributed by atoms with E-state index in [-0.39, 0.29) is 0 Å². The van der Waals surface area contributed by atoms with Crippen molar-refractivity contribution in [2.75, 3.05) is 13.1 Å². The van der Waals surface area contributed by atoms with Crippen LogP contribution in [0.15, 0.2) is 0 Å². The Morgan fingerprint density at radius 2 is 1.40 bits per heavy atom. The summed E-state index contributed by atoms with van der Waals surface area (Å²) in [6.07, 6.45) is 0.787. The molecule has 0 atom stereocenters. The third-order valence-corrected chi connectivity index (χ3v) is 3.61. The van der Waals surface area contributed by atoms with Gasteiger partial charge in [0, 0.05) is 0 Å². The van der Waals surface area contributed by atoms with Crippen LogP contribution in [0.2, 0.25) is 0 Å². The van der Waals surface area contributed by atoms with Crippen LogP contribution in [-0.2, 0) is 4.79 Å². The first-order valence-corrected chi connectivity index (χ1v) is 5.93. The lowest BCUT2D eigenvalue weighted by Gasteiger charge is -2.49. The first-order chi connectivity index (χ1) is 6.89. The summed E-state index contributed by atoms with van der Waals surface area (Å²) >= 11 is 0. The zero-order valence-electron chi connectivity index (χ0n) is 11.1. The second-order valence-corrected chi connectivity index (χ2v) is 5.07. The molecule has 1 N–H and O–H groups in total. The number of nitrogens with one attached hydrogen (secondary N) is 1. The van der Waals surface area contributed by atoms with E-state index in [1.54, 1.807) is 0 Å². The van der Waals surface area contributed by atoms with Gasteiger partial charge in [0.25, 0.3) is 0 Å². The maximum Gasteiger partial charge on any atom is 0.207 e. The molecule has 0 aromatic rings. The molecule has 0 fully saturated rings. The number of rotatable bonds is 7. The van der Waals surface area contributed by atoms with Gasteiger partial charge in [-0.1, -0.05) is 0 Å². The lowest BCUT2D eigenvalue weighted by molar-refractivity contribution is -0.984. The van der Waals surface area contributed by atoms with E-state index in [9.17, 15) is 4.79 Å². The predicted octanol–water partition coefficient (Wildman–Crippen LogP) is 1.77. The van der Waals surface area contributed by atoms with Crippen molar-refractivity contribution in [2.45, 2.75) is 59.7 Å².